The molecule has 0 aliphatic heterocycles. The number of phenols is 2. The molecule has 0 saturated heterocycles. The van der Waals surface area contributed by atoms with Crippen molar-refractivity contribution >= 4 is 5.91 Å². The Morgan fingerprint density at radius 1 is 1.21 bits per heavy atom. The number of nitrogens with zero attached hydrogens (tertiary/aromatic N) is 2. The lowest BCUT2D eigenvalue weighted by Crippen LogP contribution is -2.23. The standard InChI is InChI=1S/C24H34N2O3/c1-6-7-8-12-19-15-21(27)20(14-13-18(4)11-9-10-17(2)3)23(28)22(19)24(29)26(5)16-25/h10,13,15,27-28H,6-9,11-12,14H2,1-5H3/b18-13+. The van der Waals surface area contributed by atoms with Gasteiger partial charge in [0.1, 0.15) is 11.5 Å². The summed E-state index contributed by atoms with van der Waals surface area (Å²) < 4.78 is 0. The molecule has 158 valence electrons. The fourth-order valence-corrected chi connectivity index (χ4v) is 3.13. The summed E-state index contributed by atoms with van der Waals surface area (Å²) in [5, 5.41) is 30.4. The minimum atomic E-state index is -0.554. The molecule has 29 heavy (non-hydrogen) atoms. The second-order valence-electron chi connectivity index (χ2n) is 7.75. The molecule has 0 heterocycles. The summed E-state index contributed by atoms with van der Waals surface area (Å²) in [6, 6.07) is 1.56. The molecule has 0 radical (unpaired) electrons. The maximum Gasteiger partial charge on any atom is 0.270 e. The zero-order valence-corrected chi connectivity index (χ0v) is 18.4. The molecule has 5 heteroatoms. The zero-order valence-electron chi connectivity index (χ0n) is 18.4. The average molecular weight is 399 g/mol. The summed E-state index contributed by atoms with van der Waals surface area (Å²) >= 11 is 0. The third kappa shape index (κ3) is 7.30. The Hall–Kier alpha value is -2.74. The van der Waals surface area contributed by atoms with Gasteiger partial charge >= 0.3 is 0 Å². The lowest BCUT2D eigenvalue weighted by atomic mass is 9.94. The van der Waals surface area contributed by atoms with Crippen molar-refractivity contribution in [3.8, 4) is 17.7 Å². The van der Waals surface area contributed by atoms with Crippen molar-refractivity contribution in [2.75, 3.05) is 7.05 Å². The molecule has 0 aliphatic rings. The van der Waals surface area contributed by atoms with E-state index in [1.807, 2.05) is 13.0 Å². The van der Waals surface area contributed by atoms with Crippen LogP contribution in [-0.4, -0.2) is 28.1 Å². The fourth-order valence-electron chi connectivity index (χ4n) is 3.13. The number of unbranched alkanes of at least 4 members (excludes halogenated alkanes) is 2. The van der Waals surface area contributed by atoms with Crippen LogP contribution in [0, 0.1) is 11.5 Å². The monoisotopic (exact) mass is 398 g/mol. The van der Waals surface area contributed by atoms with Gasteiger partial charge in [-0.1, -0.05) is 43.1 Å². The maximum absolute atomic E-state index is 12.7. The Balaban J connectivity index is 3.23. The van der Waals surface area contributed by atoms with Gasteiger partial charge in [0.2, 0.25) is 0 Å². The molecule has 1 rings (SSSR count). The number of benzene rings is 1. The quantitative estimate of drug-likeness (QED) is 0.232. The Bertz CT molecular complexity index is 812. The van der Waals surface area contributed by atoms with E-state index in [9.17, 15) is 15.0 Å². The van der Waals surface area contributed by atoms with Crippen LogP contribution in [0.1, 0.15) is 81.3 Å². The van der Waals surface area contributed by atoms with E-state index in [-0.39, 0.29) is 17.1 Å². The Labute approximate surface area is 175 Å². The predicted octanol–water partition coefficient (Wildman–Crippen LogP) is 5.62. The van der Waals surface area contributed by atoms with Gasteiger partial charge < -0.3 is 10.2 Å². The van der Waals surface area contributed by atoms with Crippen LogP contribution in [0.3, 0.4) is 0 Å². The van der Waals surface area contributed by atoms with Gasteiger partial charge in [0.05, 0.1) is 5.56 Å². The number of carbonyl (C=O) groups excluding carboxylic acids is 1. The summed E-state index contributed by atoms with van der Waals surface area (Å²) in [6.07, 6.45) is 11.5. The van der Waals surface area contributed by atoms with Crippen LogP contribution in [0.25, 0.3) is 0 Å². The van der Waals surface area contributed by atoms with Crippen molar-refractivity contribution < 1.29 is 15.0 Å². The molecule has 2 N–H and O–H groups in total. The number of allylic oxidation sites excluding steroid dienone is 4. The van der Waals surface area contributed by atoms with Crippen LogP contribution >= 0.6 is 0 Å². The van der Waals surface area contributed by atoms with Crippen LogP contribution in [0.5, 0.6) is 11.5 Å². The Morgan fingerprint density at radius 2 is 1.90 bits per heavy atom. The number of hydrogen-bond acceptors (Lipinski definition) is 4. The van der Waals surface area contributed by atoms with Crippen LogP contribution in [0.2, 0.25) is 0 Å². The molecule has 0 saturated carbocycles. The lowest BCUT2D eigenvalue weighted by Gasteiger charge is -2.17. The van der Waals surface area contributed by atoms with Crippen molar-refractivity contribution in [1.29, 1.82) is 5.26 Å². The van der Waals surface area contributed by atoms with E-state index < -0.39 is 5.91 Å². The largest absolute Gasteiger partial charge is 0.508 e. The second kappa shape index (κ2) is 12.0. The maximum atomic E-state index is 12.7. The van der Waals surface area contributed by atoms with Crippen LogP contribution in [-0.2, 0) is 12.8 Å². The first kappa shape index (κ1) is 24.3. The zero-order chi connectivity index (χ0) is 22.0. The first-order chi connectivity index (χ1) is 13.7. The highest BCUT2D eigenvalue weighted by atomic mass is 16.3. The Morgan fingerprint density at radius 3 is 2.48 bits per heavy atom. The van der Waals surface area contributed by atoms with E-state index in [2.05, 4.69) is 26.8 Å². The number of amides is 1. The van der Waals surface area contributed by atoms with E-state index in [0.29, 0.717) is 24.0 Å². The van der Waals surface area contributed by atoms with E-state index in [1.54, 1.807) is 12.3 Å². The van der Waals surface area contributed by atoms with Gasteiger partial charge in [-0.05, 0) is 64.5 Å². The topological polar surface area (TPSA) is 84.6 Å². The van der Waals surface area contributed by atoms with Crippen molar-refractivity contribution in [1.82, 2.24) is 4.90 Å². The van der Waals surface area contributed by atoms with Gasteiger partial charge in [-0.15, -0.1) is 0 Å². The Kier molecular flexibility index (Phi) is 10.0. The third-order valence-corrected chi connectivity index (χ3v) is 4.93. The first-order valence-corrected chi connectivity index (χ1v) is 10.3. The number of aromatic hydroxyl groups is 2. The number of aryl methyl sites for hydroxylation is 1. The van der Waals surface area contributed by atoms with Crippen molar-refractivity contribution in [3.05, 3.63) is 46.1 Å². The number of rotatable bonds is 10. The summed E-state index contributed by atoms with van der Waals surface area (Å²) in [4.78, 5) is 13.6. The molecule has 0 aromatic heterocycles. The average Bonchev–Trinajstić information content (AvgIpc) is 2.66. The number of carbonyl (C=O) groups is 1. The van der Waals surface area contributed by atoms with E-state index in [0.717, 1.165) is 42.6 Å². The fraction of sp³-hybridized carbons (Fsp3) is 0.500. The molecule has 0 fully saturated rings. The molecule has 1 amide bonds. The molecule has 0 bridgehead atoms. The summed E-state index contributed by atoms with van der Waals surface area (Å²) in [6.45, 7) is 8.23. The number of phenolic OH excluding ortho intramolecular Hbond substituents is 2. The molecular weight excluding hydrogens is 364 g/mol. The molecule has 0 aliphatic carbocycles. The summed E-state index contributed by atoms with van der Waals surface area (Å²) in [7, 11) is 1.37. The van der Waals surface area contributed by atoms with Gasteiger partial charge in [-0.25, -0.2) is 4.90 Å². The van der Waals surface area contributed by atoms with Crippen molar-refractivity contribution in [2.45, 2.75) is 72.6 Å². The van der Waals surface area contributed by atoms with Gasteiger partial charge in [-0.2, -0.15) is 5.26 Å². The third-order valence-electron chi connectivity index (χ3n) is 4.93. The molecule has 0 spiro atoms. The normalized spacial score (nSPS) is 11.1. The lowest BCUT2D eigenvalue weighted by molar-refractivity contribution is 0.0854. The van der Waals surface area contributed by atoms with Crippen LogP contribution < -0.4 is 0 Å². The molecule has 5 nitrogen and oxygen atoms in total. The van der Waals surface area contributed by atoms with Gasteiger partial charge in [0.25, 0.3) is 5.91 Å². The van der Waals surface area contributed by atoms with Crippen LogP contribution in [0.4, 0.5) is 0 Å². The smallest absolute Gasteiger partial charge is 0.270 e. The summed E-state index contributed by atoms with van der Waals surface area (Å²) in [5.41, 5.74) is 3.44. The first-order valence-electron chi connectivity index (χ1n) is 10.3. The molecular formula is C24H34N2O3. The van der Waals surface area contributed by atoms with E-state index >= 15 is 0 Å². The van der Waals surface area contributed by atoms with Crippen molar-refractivity contribution in [2.24, 2.45) is 0 Å². The van der Waals surface area contributed by atoms with E-state index in [1.165, 1.54) is 12.6 Å². The molecule has 0 atom stereocenters. The SMILES string of the molecule is CCCCCc1cc(O)c(C/C=C(\C)CCC=C(C)C)c(O)c1C(=O)N(C)C#N. The van der Waals surface area contributed by atoms with Crippen molar-refractivity contribution in [3.63, 3.8) is 0 Å². The highest BCUT2D eigenvalue weighted by Crippen LogP contribution is 2.36. The van der Waals surface area contributed by atoms with Gasteiger partial charge in [0, 0.05) is 12.6 Å². The predicted molar refractivity (Wildman–Crippen MR) is 117 cm³/mol. The molecule has 1 aromatic carbocycles. The molecule has 0 unspecified atom stereocenters. The highest BCUT2D eigenvalue weighted by Gasteiger charge is 2.24. The second-order valence-corrected chi connectivity index (χ2v) is 7.75. The minimum absolute atomic E-state index is 0.0153. The van der Waals surface area contributed by atoms with Gasteiger partial charge in [0.15, 0.2) is 6.19 Å². The minimum Gasteiger partial charge on any atom is -0.508 e. The van der Waals surface area contributed by atoms with Gasteiger partial charge in [-0.3, -0.25) is 4.79 Å². The number of nitriles is 1. The highest BCUT2D eigenvalue weighted by molar-refractivity contribution is 6.00. The van der Waals surface area contributed by atoms with Crippen LogP contribution in [0.15, 0.2) is 29.4 Å². The summed E-state index contributed by atoms with van der Waals surface area (Å²) in [5.74, 6) is -0.794. The van der Waals surface area contributed by atoms with E-state index in [4.69, 9.17) is 5.26 Å². The molecule has 1 aromatic rings. The number of hydrogen-bond donors (Lipinski definition) is 2.